The molecule has 0 radical (unpaired) electrons. The zero-order chi connectivity index (χ0) is 14.7. The molecule has 1 aromatic heterocycles. The molecule has 21 heavy (non-hydrogen) atoms. The van der Waals surface area contributed by atoms with E-state index in [0.29, 0.717) is 16.6 Å². The highest BCUT2D eigenvalue weighted by molar-refractivity contribution is 5.90. The highest BCUT2D eigenvalue weighted by Crippen LogP contribution is 2.05. The molecule has 0 saturated heterocycles. The van der Waals surface area contributed by atoms with Crippen LogP contribution in [0.25, 0.3) is 10.9 Å². The summed E-state index contributed by atoms with van der Waals surface area (Å²) in [7, 11) is 0. The third kappa shape index (κ3) is 2.79. The molecule has 0 aliphatic carbocycles. The average Bonchev–Trinajstić information content (AvgIpc) is 2.51. The SMILES string of the molecule is O=C(Cn1nnc2ccccc2c1=O)Nc1ccccc1. The fourth-order valence-corrected chi connectivity index (χ4v) is 1.98. The van der Waals surface area contributed by atoms with Crippen LogP contribution in [0.15, 0.2) is 59.4 Å². The van der Waals surface area contributed by atoms with Gasteiger partial charge in [-0.25, -0.2) is 4.68 Å². The molecule has 0 spiro atoms. The number of hydrogen-bond donors (Lipinski definition) is 1. The highest BCUT2D eigenvalue weighted by atomic mass is 16.2. The standard InChI is InChI=1S/C15H12N4O2/c20-14(16-11-6-2-1-3-7-11)10-19-15(21)12-8-4-5-9-13(12)17-18-19/h1-9H,10H2,(H,16,20). The molecule has 6 heteroatoms. The van der Waals surface area contributed by atoms with Crippen LogP contribution in [0, 0.1) is 0 Å². The molecule has 0 saturated carbocycles. The van der Waals surface area contributed by atoms with Gasteiger partial charge in [-0.3, -0.25) is 9.59 Å². The maximum Gasteiger partial charge on any atom is 0.278 e. The summed E-state index contributed by atoms with van der Waals surface area (Å²) in [6, 6.07) is 15.9. The first kappa shape index (κ1) is 13.0. The Morgan fingerprint density at radius 1 is 1.05 bits per heavy atom. The molecule has 0 aliphatic heterocycles. The number of carbonyl (C=O) groups excluding carboxylic acids is 1. The number of nitrogens with one attached hydrogen (secondary N) is 1. The molecule has 0 bridgehead atoms. The van der Waals surface area contributed by atoms with Crippen LogP contribution in [0.3, 0.4) is 0 Å². The van der Waals surface area contributed by atoms with Crippen LogP contribution < -0.4 is 10.9 Å². The van der Waals surface area contributed by atoms with Crippen LogP contribution in [-0.4, -0.2) is 20.9 Å². The van der Waals surface area contributed by atoms with Crippen molar-refractivity contribution in [2.24, 2.45) is 0 Å². The molecule has 0 unspecified atom stereocenters. The Balaban J connectivity index is 1.83. The van der Waals surface area contributed by atoms with Gasteiger partial charge < -0.3 is 5.32 Å². The molecule has 0 fully saturated rings. The Hall–Kier alpha value is -3.02. The van der Waals surface area contributed by atoms with Gasteiger partial charge >= 0.3 is 0 Å². The number of anilines is 1. The molecular weight excluding hydrogens is 268 g/mol. The van der Waals surface area contributed by atoms with E-state index in [9.17, 15) is 9.59 Å². The molecule has 104 valence electrons. The second kappa shape index (κ2) is 5.54. The van der Waals surface area contributed by atoms with Crippen molar-refractivity contribution in [2.75, 3.05) is 5.32 Å². The van der Waals surface area contributed by atoms with Gasteiger partial charge in [0.05, 0.1) is 5.39 Å². The molecule has 3 aromatic rings. The molecule has 6 nitrogen and oxygen atoms in total. The van der Waals surface area contributed by atoms with Gasteiger partial charge in [-0.1, -0.05) is 35.5 Å². The van der Waals surface area contributed by atoms with Crippen LogP contribution >= 0.6 is 0 Å². The molecule has 1 amide bonds. The van der Waals surface area contributed by atoms with Gasteiger partial charge in [0.1, 0.15) is 12.1 Å². The van der Waals surface area contributed by atoms with Crippen LogP contribution in [0.5, 0.6) is 0 Å². The predicted molar refractivity (Wildman–Crippen MR) is 78.9 cm³/mol. The minimum absolute atomic E-state index is 0.175. The molecule has 3 rings (SSSR count). The normalized spacial score (nSPS) is 10.5. The van der Waals surface area contributed by atoms with E-state index < -0.39 is 0 Å². The summed E-state index contributed by atoms with van der Waals surface area (Å²) >= 11 is 0. The molecular formula is C15H12N4O2. The number of aromatic nitrogens is 3. The first-order chi connectivity index (χ1) is 10.2. The Bertz CT molecular complexity index is 843. The number of amides is 1. The van der Waals surface area contributed by atoms with Crippen molar-refractivity contribution in [1.29, 1.82) is 0 Å². The monoisotopic (exact) mass is 280 g/mol. The van der Waals surface area contributed by atoms with Gasteiger partial charge in [-0.05, 0) is 24.3 Å². The minimum Gasteiger partial charge on any atom is -0.324 e. The van der Waals surface area contributed by atoms with E-state index in [1.807, 2.05) is 18.2 Å². The van der Waals surface area contributed by atoms with Gasteiger partial charge in [0, 0.05) is 5.69 Å². The zero-order valence-corrected chi connectivity index (χ0v) is 11.1. The molecule has 0 atom stereocenters. The average molecular weight is 280 g/mol. The Morgan fingerprint density at radius 2 is 1.76 bits per heavy atom. The summed E-state index contributed by atoms with van der Waals surface area (Å²) in [4.78, 5) is 24.1. The van der Waals surface area contributed by atoms with E-state index >= 15 is 0 Å². The molecule has 2 aromatic carbocycles. The number of nitrogens with zero attached hydrogens (tertiary/aromatic N) is 3. The van der Waals surface area contributed by atoms with E-state index in [1.54, 1.807) is 36.4 Å². The number of carbonyl (C=O) groups is 1. The summed E-state index contributed by atoms with van der Waals surface area (Å²) in [5.74, 6) is -0.326. The number of benzene rings is 2. The second-order valence-electron chi connectivity index (χ2n) is 4.48. The Morgan fingerprint density at radius 3 is 2.57 bits per heavy atom. The highest BCUT2D eigenvalue weighted by Gasteiger charge is 2.09. The van der Waals surface area contributed by atoms with E-state index in [2.05, 4.69) is 15.6 Å². The zero-order valence-electron chi connectivity index (χ0n) is 11.1. The fraction of sp³-hybridized carbons (Fsp3) is 0.0667. The van der Waals surface area contributed by atoms with Crippen molar-refractivity contribution in [2.45, 2.75) is 6.54 Å². The predicted octanol–water partition coefficient (Wildman–Crippen LogP) is 1.43. The van der Waals surface area contributed by atoms with Gasteiger partial charge in [0.2, 0.25) is 5.91 Å². The summed E-state index contributed by atoms with van der Waals surface area (Å²) in [6.07, 6.45) is 0. The number of hydrogen-bond acceptors (Lipinski definition) is 4. The van der Waals surface area contributed by atoms with Crippen molar-refractivity contribution < 1.29 is 4.79 Å². The summed E-state index contributed by atoms with van der Waals surface area (Å²) in [6.45, 7) is -0.175. The fourth-order valence-electron chi connectivity index (χ4n) is 1.98. The number of fused-ring (bicyclic) bond motifs is 1. The van der Waals surface area contributed by atoms with Crippen molar-refractivity contribution in [3.8, 4) is 0 Å². The smallest absolute Gasteiger partial charge is 0.278 e. The Kier molecular flexibility index (Phi) is 3.42. The van der Waals surface area contributed by atoms with Crippen LogP contribution in [0.1, 0.15) is 0 Å². The van der Waals surface area contributed by atoms with E-state index in [-0.39, 0.29) is 18.0 Å². The van der Waals surface area contributed by atoms with Gasteiger partial charge in [-0.2, -0.15) is 0 Å². The van der Waals surface area contributed by atoms with Crippen molar-refractivity contribution in [3.05, 3.63) is 65.0 Å². The van der Waals surface area contributed by atoms with E-state index in [0.717, 1.165) is 4.68 Å². The van der Waals surface area contributed by atoms with E-state index in [1.165, 1.54) is 0 Å². The first-order valence-electron chi connectivity index (χ1n) is 6.41. The first-order valence-corrected chi connectivity index (χ1v) is 6.41. The summed E-state index contributed by atoms with van der Waals surface area (Å²) < 4.78 is 1.06. The van der Waals surface area contributed by atoms with Gasteiger partial charge in [0.15, 0.2) is 0 Å². The lowest BCUT2D eigenvalue weighted by atomic mass is 10.2. The molecule has 0 aliphatic rings. The van der Waals surface area contributed by atoms with E-state index in [4.69, 9.17) is 0 Å². The third-order valence-corrected chi connectivity index (χ3v) is 2.98. The topological polar surface area (TPSA) is 76.9 Å². The van der Waals surface area contributed by atoms with Crippen LogP contribution in [0.2, 0.25) is 0 Å². The van der Waals surface area contributed by atoms with Gasteiger partial charge in [0.25, 0.3) is 5.56 Å². The summed E-state index contributed by atoms with van der Waals surface area (Å²) in [5.41, 5.74) is 0.857. The van der Waals surface area contributed by atoms with Crippen molar-refractivity contribution >= 4 is 22.5 Å². The van der Waals surface area contributed by atoms with Crippen LogP contribution in [-0.2, 0) is 11.3 Å². The number of para-hydroxylation sites is 1. The number of rotatable bonds is 3. The van der Waals surface area contributed by atoms with Crippen molar-refractivity contribution in [3.63, 3.8) is 0 Å². The lowest BCUT2D eigenvalue weighted by molar-refractivity contribution is -0.117. The second-order valence-corrected chi connectivity index (χ2v) is 4.48. The third-order valence-electron chi connectivity index (χ3n) is 2.98. The van der Waals surface area contributed by atoms with Gasteiger partial charge in [-0.15, -0.1) is 5.10 Å². The molecule has 1 N–H and O–H groups in total. The summed E-state index contributed by atoms with van der Waals surface area (Å²) in [5, 5.41) is 10.9. The maximum absolute atomic E-state index is 12.2. The maximum atomic E-state index is 12.2. The molecule has 1 heterocycles. The lowest BCUT2D eigenvalue weighted by Gasteiger charge is -2.06. The minimum atomic E-state index is -0.330. The quantitative estimate of drug-likeness (QED) is 0.787. The largest absolute Gasteiger partial charge is 0.324 e. The Labute approximate surface area is 120 Å². The van der Waals surface area contributed by atoms with Crippen LogP contribution in [0.4, 0.5) is 5.69 Å². The lowest BCUT2D eigenvalue weighted by Crippen LogP contribution is -2.30. The van der Waals surface area contributed by atoms with Crippen molar-refractivity contribution in [1.82, 2.24) is 15.0 Å².